The summed E-state index contributed by atoms with van der Waals surface area (Å²) in [6.07, 6.45) is 8.27. The van der Waals surface area contributed by atoms with Crippen molar-refractivity contribution in [1.29, 1.82) is 0 Å². The quantitative estimate of drug-likeness (QED) is 0.239. The largest absolute Gasteiger partial charge is 0.325 e. The van der Waals surface area contributed by atoms with Crippen molar-refractivity contribution in [2.75, 3.05) is 24.2 Å². The van der Waals surface area contributed by atoms with Crippen LogP contribution in [0.1, 0.15) is 62.4 Å². The number of nitrogens with zero attached hydrogens (tertiary/aromatic N) is 4. The molecule has 0 atom stereocenters. The molecular formula is C31H35N5O3S2. The lowest BCUT2D eigenvalue weighted by Crippen LogP contribution is -2.27. The van der Waals surface area contributed by atoms with Gasteiger partial charge in [0.1, 0.15) is 5.82 Å². The summed E-state index contributed by atoms with van der Waals surface area (Å²) in [6.45, 7) is 1.13. The van der Waals surface area contributed by atoms with Gasteiger partial charge >= 0.3 is 0 Å². The Hall–Kier alpha value is -3.21. The van der Waals surface area contributed by atoms with Gasteiger partial charge in [-0.3, -0.25) is 4.79 Å². The van der Waals surface area contributed by atoms with Gasteiger partial charge in [-0.05, 0) is 66.3 Å². The third kappa shape index (κ3) is 6.19. The minimum Gasteiger partial charge on any atom is -0.325 e. The van der Waals surface area contributed by atoms with E-state index in [1.807, 2.05) is 0 Å². The predicted octanol–water partition coefficient (Wildman–Crippen LogP) is 6.04. The van der Waals surface area contributed by atoms with E-state index < -0.39 is 10.0 Å². The van der Waals surface area contributed by atoms with Crippen LogP contribution >= 0.6 is 11.8 Å². The maximum atomic E-state index is 12.9. The second-order valence-electron chi connectivity index (χ2n) is 10.8. The van der Waals surface area contributed by atoms with E-state index in [-0.39, 0.29) is 16.6 Å². The van der Waals surface area contributed by atoms with E-state index in [1.54, 1.807) is 24.3 Å². The van der Waals surface area contributed by atoms with Crippen molar-refractivity contribution >= 4 is 44.2 Å². The molecule has 0 radical (unpaired) electrons. The van der Waals surface area contributed by atoms with Crippen LogP contribution in [0.4, 0.5) is 5.69 Å². The smallest absolute Gasteiger partial charge is 0.243 e. The van der Waals surface area contributed by atoms with Gasteiger partial charge in [0.2, 0.25) is 15.9 Å². The van der Waals surface area contributed by atoms with Gasteiger partial charge in [-0.1, -0.05) is 73.5 Å². The van der Waals surface area contributed by atoms with E-state index >= 15 is 0 Å². The van der Waals surface area contributed by atoms with Gasteiger partial charge in [-0.2, -0.15) is 4.31 Å². The summed E-state index contributed by atoms with van der Waals surface area (Å²) >= 11 is 1.40. The lowest BCUT2D eigenvalue weighted by molar-refractivity contribution is -0.113. The van der Waals surface area contributed by atoms with Gasteiger partial charge < -0.3 is 9.88 Å². The molecule has 1 aliphatic heterocycles. The van der Waals surface area contributed by atoms with E-state index in [0.29, 0.717) is 31.2 Å². The Morgan fingerprint density at radius 1 is 0.878 bits per heavy atom. The van der Waals surface area contributed by atoms with E-state index in [4.69, 9.17) is 0 Å². The highest BCUT2D eigenvalue weighted by Gasteiger charge is 2.27. The first-order chi connectivity index (χ1) is 20.0. The molecule has 8 nitrogen and oxygen atoms in total. The minimum absolute atomic E-state index is 0.168. The van der Waals surface area contributed by atoms with Gasteiger partial charge in [0.05, 0.1) is 10.6 Å². The summed E-state index contributed by atoms with van der Waals surface area (Å²) in [7, 11) is -3.48. The van der Waals surface area contributed by atoms with Crippen molar-refractivity contribution in [3.05, 3.63) is 78.1 Å². The van der Waals surface area contributed by atoms with Crippen LogP contribution in [-0.2, 0) is 21.2 Å². The molecule has 1 saturated heterocycles. The number of amides is 1. The van der Waals surface area contributed by atoms with Crippen LogP contribution in [0.3, 0.4) is 0 Å². The molecule has 1 aromatic heterocycles. The van der Waals surface area contributed by atoms with Gasteiger partial charge in [-0.15, -0.1) is 10.2 Å². The summed E-state index contributed by atoms with van der Waals surface area (Å²) in [5.41, 5.74) is 1.79. The number of carbonyl (C=O) groups is 1. The van der Waals surface area contributed by atoms with E-state index in [2.05, 4.69) is 62.5 Å². The number of hydrogen-bond acceptors (Lipinski definition) is 6. The Morgan fingerprint density at radius 3 is 2.39 bits per heavy atom. The van der Waals surface area contributed by atoms with Crippen LogP contribution in [0, 0.1) is 0 Å². The average molecular weight is 590 g/mol. The normalized spacial score (nSPS) is 16.8. The number of thioether (sulfide) groups is 1. The molecule has 1 N–H and O–H groups in total. The number of aromatic nitrogens is 3. The molecule has 2 heterocycles. The highest BCUT2D eigenvalue weighted by molar-refractivity contribution is 7.99. The Kier molecular flexibility index (Phi) is 8.41. The van der Waals surface area contributed by atoms with E-state index in [0.717, 1.165) is 36.7 Å². The molecule has 41 heavy (non-hydrogen) atoms. The van der Waals surface area contributed by atoms with Gasteiger partial charge in [0.25, 0.3) is 0 Å². The van der Waals surface area contributed by atoms with Gasteiger partial charge in [0.15, 0.2) is 5.16 Å². The van der Waals surface area contributed by atoms with Crippen molar-refractivity contribution in [3.63, 3.8) is 0 Å². The lowest BCUT2D eigenvalue weighted by Gasteiger charge is -2.25. The molecule has 1 saturated carbocycles. The highest BCUT2D eigenvalue weighted by Crippen LogP contribution is 2.34. The first-order valence-electron chi connectivity index (χ1n) is 14.4. The van der Waals surface area contributed by atoms with Crippen LogP contribution in [0.2, 0.25) is 0 Å². The average Bonchev–Trinajstić information content (AvgIpc) is 3.68. The zero-order valence-electron chi connectivity index (χ0n) is 23.0. The predicted molar refractivity (Wildman–Crippen MR) is 163 cm³/mol. The van der Waals surface area contributed by atoms with Crippen LogP contribution in [0.25, 0.3) is 10.8 Å². The Bertz CT molecular complexity index is 1620. The van der Waals surface area contributed by atoms with Crippen molar-refractivity contribution in [3.8, 4) is 0 Å². The van der Waals surface area contributed by atoms with Crippen molar-refractivity contribution in [2.24, 2.45) is 0 Å². The van der Waals surface area contributed by atoms with Gasteiger partial charge in [-0.25, -0.2) is 8.42 Å². The molecule has 4 aromatic rings. The number of anilines is 1. The number of rotatable bonds is 9. The molecule has 0 bridgehead atoms. The first-order valence-corrected chi connectivity index (χ1v) is 16.8. The molecule has 10 heteroatoms. The fraction of sp³-hybridized carbons (Fsp3) is 0.387. The number of fused-ring (bicyclic) bond motifs is 1. The summed E-state index contributed by atoms with van der Waals surface area (Å²) in [5, 5.41) is 15.3. The van der Waals surface area contributed by atoms with Crippen LogP contribution in [0.5, 0.6) is 0 Å². The van der Waals surface area contributed by atoms with Crippen LogP contribution in [0.15, 0.2) is 76.8 Å². The fourth-order valence-electron chi connectivity index (χ4n) is 5.96. The van der Waals surface area contributed by atoms with E-state index in [9.17, 15) is 13.2 Å². The summed E-state index contributed by atoms with van der Waals surface area (Å²) in [5.74, 6) is 0.956. The molecule has 1 aliphatic carbocycles. The van der Waals surface area contributed by atoms with Crippen molar-refractivity contribution in [1.82, 2.24) is 19.1 Å². The molecule has 0 spiro atoms. The minimum atomic E-state index is -3.48. The number of sulfonamides is 1. The maximum Gasteiger partial charge on any atom is 0.243 e. The summed E-state index contributed by atoms with van der Waals surface area (Å²) in [4.78, 5) is 13.1. The summed E-state index contributed by atoms with van der Waals surface area (Å²) in [6, 6.07) is 21.5. The Balaban J connectivity index is 1.15. The van der Waals surface area contributed by atoms with Gasteiger partial charge in [0, 0.05) is 31.2 Å². The topological polar surface area (TPSA) is 97.2 Å². The second kappa shape index (κ2) is 12.3. The fourth-order valence-corrected chi connectivity index (χ4v) is 8.31. The lowest BCUT2D eigenvalue weighted by atomic mass is 9.95. The number of carbonyl (C=O) groups excluding carboxylic acids is 1. The van der Waals surface area contributed by atoms with Crippen LogP contribution in [-0.4, -0.2) is 52.2 Å². The van der Waals surface area contributed by atoms with Crippen LogP contribution < -0.4 is 5.32 Å². The van der Waals surface area contributed by atoms with Crippen molar-refractivity contribution < 1.29 is 13.2 Å². The molecular weight excluding hydrogens is 555 g/mol. The molecule has 1 amide bonds. The van der Waals surface area contributed by atoms with E-state index in [1.165, 1.54) is 51.7 Å². The number of hydrogen-bond donors (Lipinski definition) is 1. The number of benzene rings is 3. The zero-order valence-corrected chi connectivity index (χ0v) is 24.7. The molecule has 6 rings (SSSR count). The zero-order chi connectivity index (χ0) is 28.2. The third-order valence-corrected chi connectivity index (χ3v) is 10.9. The Labute approximate surface area is 245 Å². The molecule has 0 unspecified atom stereocenters. The first kappa shape index (κ1) is 27.9. The molecule has 2 aliphatic rings. The standard InChI is InChI=1S/C31H35N5O3S2/c37-30(32-25-15-17-27(18-16-25)41(38,39)35-19-6-7-20-35)22-40-31-34-33-29(36(31)26-12-2-1-3-13-26)21-24-11-8-10-23-9-4-5-14-28(23)24/h4-5,8-11,14-18,26H,1-3,6-7,12-13,19-22H2,(H,32,37). The Morgan fingerprint density at radius 2 is 1.61 bits per heavy atom. The number of nitrogens with one attached hydrogen (secondary N) is 1. The molecule has 2 fully saturated rings. The SMILES string of the molecule is O=C(CSc1nnc(Cc2cccc3ccccc23)n1C1CCCCC1)Nc1ccc(S(=O)(=O)N2CCCC2)cc1. The van der Waals surface area contributed by atoms with Crippen molar-refractivity contribution in [2.45, 2.75) is 67.5 Å². The maximum absolute atomic E-state index is 12.9. The second-order valence-corrected chi connectivity index (χ2v) is 13.7. The molecule has 214 valence electrons. The molecule has 3 aromatic carbocycles. The monoisotopic (exact) mass is 589 g/mol. The summed E-state index contributed by atoms with van der Waals surface area (Å²) < 4.78 is 29.4. The highest BCUT2D eigenvalue weighted by atomic mass is 32.2. The third-order valence-electron chi connectivity index (χ3n) is 8.08.